The van der Waals surface area contributed by atoms with Gasteiger partial charge in [-0.3, -0.25) is 14.6 Å². The van der Waals surface area contributed by atoms with Crippen LogP contribution in [-0.2, 0) is 7.05 Å². The van der Waals surface area contributed by atoms with Crippen LogP contribution in [0.2, 0.25) is 0 Å². The first-order chi connectivity index (χ1) is 9.66. The number of H-pyrrole nitrogens is 1. The van der Waals surface area contributed by atoms with Crippen molar-refractivity contribution in [1.82, 2.24) is 9.78 Å². The maximum Gasteiger partial charge on any atom is 0.272 e. The monoisotopic (exact) mass is 264 g/mol. The molecule has 0 radical (unpaired) electrons. The van der Waals surface area contributed by atoms with Crippen molar-refractivity contribution in [1.29, 1.82) is 0 Å². The fourth-order valence-electron chi connectivity index (χ4n) is 2.46. The number of benzene rings is 2. The summed E-state index contributed by atoms with van der Waals surface area (Å²) >= 11 is 0. The van der Waals surface area contributed by atoms with E-state index in [4.69, 9.17) is 0 Å². The minimum Gasteiger partial charge on any atom is -0.287 e. The Hall–Kier alpha value is -2.55. The van der Waals surface area contributed by atoms with Crippen LogP contribution in [0.15, 0.2) is 59.4 Å². The highest BCUT2D eigenvalue weighted by atomic mass is 16.1. The van der Waals surface area contributed by atoms with E-state index in [1.165, 1.54) is 5.56 Å². The fourth-order valence-corrected chi connectivity index (χ4v) is 2.46. The van der Waals surface area contributed by atoms with Gasteiger partial charge >= 0.3 is 0 Å². The van der Waals surface area contributed by atoms with E-state index in [0.29, 0.717) is 0 Å². The average molecular weight is 264 g/mol. The molecule has 0 amide bonds. The minimum atomic E-state index is -0.0609. The Balaban J connectivity index is 2.26. The summed E-state index contributed by atoms with van der Waals surface area (Å²) in [6, 6.07) is 18.0. The summed E-state index contributed by atoms with van der Waals surface area (Å²) in [5, 5.41) is 2.85. The molecule has 0 aliphatic heterocycles. The number of hydrogen-bond acceptors (Lipinski definition) is 1. The second-order valence-electron chi connectivity index (χ2n) is 4.96. The lowest BCUT2D eigenvalue weighted by Crippen LogP contribution is -2.03. The van der Waals surface area contributed by atoms with E-state index in [-0.39, 0.29) is 5.56 Å². The summed E-state index contributed by atoms with van der Waals surface area (Å²) in [6.07, 6.45) is 0. The second-order valence-corrected chi connectivity index (χ2v) is 4.96. The molecule has 1 N–H and O–H groups in total. The third-order valence-electron chi connectivity index (χ3n) is 3.46. The van der Waals surface area contributed by atoms with E-state index in [2.05, 4.69) is 24.2 Å². The van der Waals surface area contributed by atoms with Crippen molar-refractivity contribution in [3.05, 3.63) is 70.5 Å². The number of aryl methyl sites for hydroxylation is 2. The first-order valence-corrected chi connectivity index (χ1v) is 6.58. The summed E-state index contributed by atoms with van der Waals surface area (Å²) in [5.74, 6) is 0. The predicted octanol–water partition coefficient (Wildman–Crippen LogP) is 3.36. The summed E-state index contributed by atoms with van der Waals surface area (Å²) in [4.78, 5) is 12.2. The Morgan fingerprint density at radius 1 is 0.900 bits per heavy atom. The summed E-state index contributed by atoms with van der Waals surface area (Å²) in [6.45, 7) is 2.05. The topological polar surface area (TPSA) is 37.8 Å². The van der Waals surface area contributed by atoms with Crippen LogP contribution in [0, 0.1) is 6.92 Å². The first-order valence-electron chi connectivity index (χ1n) is 6.58. The van der Waals surface area contributed by atoms with E-state index in [1.807, 2.05) is 49.5 Å². The highest BCUT2D eigenvalue weighted by molar-refractivity contribution is 5.80. The van der Waals surface area contributed by atoms with Gasteiger partial charge in [0.1, 0.15) is 0 Å². The third kappa shape index (κ3) is 2.07. The smallest absolute Gasteiger partial charge is 0.272 e. The molecule has 0 aliphatic carbocycles. The third-order valence-corrected chi connectivity index (χ3v) is 3.46. The van der Waals surface area contributed by atoms with Crippen LogP contribution in [0.25, 0.3) is 22.4 Å². The van der Waals surface area contributed by atoms with E-state index in [1.54, 1.807) is 4.68 Å². The van der Waals surface area contributed by atoms with Crippen LogP contribution in [0.1, 0.15) is 5.56 Å². The second kappa shape index (κ2) is 4.85. The number of hydrogen-bond donors (Lipinski definition) is 1. The van der Waals surface area contributed by atoms with E-state index in [0.717, 1.165) is 22.4 Å². The van der Waals surface area contributed by atoms with Gasteiger partial charge in [0.2, 0.25) is 0 Å². The average Bonchev–Trinajstić information content (AvgIpc) is 2.75. The van der Waals surface area contributed by atoms with Crippen molar-refractivity contribution in [3.8, 4) is 22.4 Å². The zero-order valence-corrected chi connectivity index (χ0v) is 11.6. The maximum atomic E-state index is 12.2. The molecule has 3 rings (SSSR count). The summed E-state index contributed by atoms with van der Waals surface area (Å²) in [5.41, 5.74) is 4.75. The normalized spacial score (nSPS) is 10.7. The molecule has 0 aliphatic rings. The molecule has 1 heterocycles. The van der Waals surface area contributed by atoms with Gasteiger partial charge in [0.15, 0.2) is 0 Å². The highest BCUT2D eigenvalue weighted by Gasteiger charge is 2.16. The highest BCUT2D eigenvalue weighted by Crippen LogP contribution is 2.28. The molecule has 3 aromatic rings. The lowest BCUT2D eigenvalue weighted by Gasteiger charge is -2.07. The van der Waals surface area contributed by atoms with E-state index >= 15 is 0 Å². The van der Waals surface area contributed by atoms with Crippen molar-refractivity contribution in [2.75, 3.05) is 0 Å². The van der Waals surface area contributed by atoms with Crippen LogP contribution in [0.5, 0.6) is 0 Å². The van der Waals surface area contributed by atoms with Crippen LogP contribution in [-0.4, -0.2) is 9.78 Å². The lowest BCUT2D eigenvalue weighted by molar-refractivity contribution is 0.764. The van der Waals surface area contributed by atoms with E-state index < -0.39 is 0 Å². The first kappa shape index (κ1) is 12.5. The van der Waals surface area contributed by atoms with Crippen LogP contribution in [0.3, 0.4) is 0 Å². The van der Waals surface area contributed by atoms with Crippen LogP contribution < -0.4 is 5.56 Å². The summed E-state index contributed by atoms with van der Waals surface area (Å²) < 4.78 is 1.79. The minimum absolute atomic E-state index is 0.0609. The molecular formula is C17H16N2O. The SMILES string of the molecule is Cc1ccc(-c2c(-c3ccccc3)c(=O)[nH]n2C)cc1. The Bertz CT molecular complexity index is 780. The fraction of sp³-hybridized carbons (Fsp3) is 0.118. The van der Waals surface area contributed by atoms with Gasteiger partial charge in [0.25, 0.3) is 5.56 Å². The Kier molecular flexibility index (Phi) is 3.03. The van der Waals surface area contributed by atoms with Gasteiger partial charge in [-0.25, -0.2) is 0 Å². The molecular weight excluding hydrogens is 248 g/mol. The van der Waals surface area contributed by atoms with Gasteiger partial charge in [-0.05, 0) is 12.5 Å². The number of aromatic nitrogens is 2. The summed E-state index contributed by atoms with van der Waals surface area (Å²) in [7, 11) is 1.86. The van der Waals surface area contributed by atoms with Gasteiger partial charge in [0.05, 0.1) is 11.3 Å². The molecule has 3 nitrogen and oxygen atoms in total. The Labute approximate surface area is 117 Å². The number of rotatable bonds is 2. The molecule has 0 spiro atoms. The maximum absolute atomic E-state index is 12.2. The lowest BCUT2D eigenvalue weighted by atomic mass is 10.0. The quantitative estimate of drug-likeness (QED) is 0.757. The number of nitrogens with one attached hydrogen (secondary N) is 1. The van der Waals surface area contributed by atoms with Crippen molar-refractivity contribution >= 4 is 0 Å². The molecule has 0 atom stereocenters. The molecule has 0 unspecified atom stereocenters. The molecule has 3 heteroatoms. The van der Waals surface area contributed by atoms with E-state index in [9.17, 15) is 4.79 Å². The number of aromatic amines is 1. The molecule has 100 valence electrons. The molecule has 0 saturated heterocycles. The van der Waals surface area contributed by atoms with Crippen LogP contribution in [0.4, 0.5) is 0 Å². The Morgan fingerprint density at radius 2 is 1.55 bits per heavy atom. The molecule has 0 bridgehead atoms. The molecule has 0 saturated carbocycles. The van der Waals surface area contributed by atoms with Gasteiger partial charge < -0.3 is 0 Å². The van der Waals surface area contributed by atoms with Crippen molar-refractivity contribution < 1.29 is 0 Å². The Morgan fingerprint density at radius 3 is 2.20 bits per heavy atom. The van der Waals surface area contributed by atoms with Crippen molar-refractivity contribution in [2.24, 2.45) is 7.05 Å². The van der Waals surface area contributed by atoms with Crippen molar-refractivity contribution in [3.63, 3.8) is 0 Å². The van der Waals surface area contributed by atoms with Gasteiger partial charge in [0, 0.05) is 12.6 Å². The molecule has 1 aromatic heterocycles. The van der Waals surface area contributed by atoms with Gasteiger partial charge in [-0.2, -0.15) is 0 Å². The van der Waals surface area contributed by atoms with Crippen molar-refractivity contribution in [2.45, 2.75) is 6.92 Å². The predicted molar refractivity (Wildman–Crippen MR) is 81.6 cm³/mol. The van der Waals surface area contributed by atoms with Crippen LogP contribution >= 0.6 is 0 Å². The molecule has 20 heavy (non-hydrogen) atoms. The zero-order valence-electron chi connectivity index (χ0n) is 11.6. The van der Waals surface area contributed by atoms with Gasteiger partial charge in [-0.15, -0.1) is 0 Å². The van der Waals surface area contributed by atoms with Gasteiger partial charge in [-0.1, -0.05) is 60.2 Å². The zero-order chi connectivity index (χ0) is 14.1. The largest absolute Gasteiger partial charge is 0.287 e. The standard InChI is InChI=1S/C17H16N2O/c1-12-8-10-14(11-9-12)16-15(17(20)18-19(16)2)13-6-4-3-5-7-13/h3-11H,1-2H3,(H,18,20). The number of nitrogens with zero attached hydrogens (tertiary/aromatic N) is 1. The molecule has 0 fully saturated rings. The molecule has 2 aromatic carbocycles.